The molecule has 5 heteroatoms. The fourth-order valence-electron chi connectivity index (χ4n) is 5.07. The second-order valence-corrected chi connectivity index (χ2v) is 8.96. The molecule has 1 spiro atoms. The minimum absolute atomic E-state index is 0.224. The Bertz CT molecular complexity index is 1360. The summed E-state index contributed by atoms with van der Waals surface area (Å²) >= 11 is 0. The lowest BCUT2D eigenvalue weighted by atomic mass is 9.71. The van der Waals surface area contributed by atoms with Gasteiger partial charge in [-0.3, -0.25) is 4.79 Å². The van der Waals surface area contributed by atoms with Crippen molar-refractivity contribution < 1.29 is 14.3 Å². The number of hydrogen-bond acceptors (Lipinski definition) is 4. The Labute approximate surface area is 205 Å². The van der Waals surface area contributed by atoms with Gasteiger partial charge in [-0.05, 0) is 49.6 Å². The lowest BCUT2D eigenvalue weighted by molar-refractivity contribution is -0.140. The molecular weight excluding hydrogens is 436 g/mol. The van der Waals surface area contributed by atoms with Crippen LogP contribution in [0.4, 0.5) is 5.69 Å². The third kappa shape index (κ3) is 3.73. The maximum Gasteiger partial charge on any atom is 0.337 e. The molecule has 0 saturated heterocycles. The number of ether oxygens (including phenoxy) is 1. The van der Waals surface area contributed by atoms with Gasteiger partial charge in [0.2, 0.25) is 5.91 Å². The van der Waals surface area contributed by atoms with E-state index in [1.807, 2.05) is 67.6 Å². The average molecular weight is 465 g/mol. The Kier molecular flexibility index (Phi) is 5.77. The van der Waals surface area contributed by atoms with Gasteiger partial charge in [0.15, 0.2) is 0 Å². The third-order valence-corrected chi connectivity index (χ3v) is 6.77. The zero-order chi connectivity index (χ0) is 24.6. The molecule has 2 aliphatic rings. The minimum Gasteiger partial charge on any atom is -0.463 e. The molecule has 1 amide bonds. The van der Waals surface area contributed by atoms with Crippen molar-refractivity contribution in [1.82, 2.24) is 4.90 Å². The van der Waals surface area contributed by atoms with Crippen LogP contribution in [-0.2, 0) is 26.3 Å². The smallest absolute Gasteiger partial charge is 0.337 e. The van der Waals surface area contributed by atoms with Gasteiger partial charge in [0.25, 0.3) is 0 Å². The molecule has 0 aromatic heterocycles. The SMILES string of the molecule is CCOC(=O)C1=C(C)N(Cc2ccc(C)cc2)C(c2ccccc2)=C[C@]12C(=O)Nc1ccccc12. The summed E-state index contributed by atoms with van der Waals surface area (Å²) < 4.78 is 5.52. The predicted molar refractivity (Wildman–Crippen MR) is 137 cm³/mol. The zero-order valence-corrected chi connectivity index (χ0v) is 20.2. The normalized spacial score (nSPS) is 18.9. The molecule has 35 heavy (non-hydrogen) atoms. The second-order valence-electron chi connectivity index (χ2n) is 8.96. The highest BCUT2D eigenvalue weighted by molar-refractivity contribution is 6.17. The Morgan fingerprint density at radius 3 is 2.34 bits per heavy atom. The largest absolute Gasteiger partial charge is 0.463 e. The van der Waals surface area contributed by atoms with Gasteiger partial charge in [-0.25, -0.2) is 4.79 Å². The number of para-hydroxylation sites is 1. The quantitative estimate of drug-likeness (QED) is 0.501. The molecule has 2 aliphatic heterocycles. The molecular formula is C30H28N2O3. The van der Waals surface area contributed by atoms with Gasteiger partial charge in [-0.2, -0.15) is 0 Å². The predicted octanol–water partition coefficient (Wildman–Crippen LogP) is 5.58. The van der Waals surface area contributed by atoms with Crippen molar-refractivity contribution >= 4 is 23.3 Å². The van der Waals surface area contributed by atoms with Crippen LogP contribution < -0.4 is 5.32 Å². The minimum atomic E-state index is -1.28. The van der Waals surface area contributed by atoms with Crippen LogP contribution in [0.5, 0.6) is 0 Å². The van der Waals surface area contributed by atoms with Gasteiger partial charge in [-0.15, -0.1) is 0 Å². The molecule has 1 atom stereocenters. The van der Waals surface area contributed by atoms with Crippen molar-refractivity contribution in [2.45, 2.75) is 32.7 Å². The van der Waals surface area contributed by atoms with Crippen molar-refractivity contribution in [1.29, 1.82) is 0 Å². The average Bonchev–Trinajstić information content (AvgIpc) is 3.14. The first-order chi connectivity index (χ1) is 17.0. The van der Waals surface area contributed by atoms with E-state index >= 15 is 0 Å². The molecule has 0 fully saturated rings. The maximum atomic E-state index is 13.7. The molecule has 5 rings (SSSR count). The Hall–Kier alpha value is -4.12. The number of aryl methyl sites for hydroxylation is 1. The summed E-state index contributed by atoms with van der Waals surface area (Å²) in [5.41, 5.74) is 5.39. The first-order valence-corrected chi connectivity index (χ1v) is 11.9. The van der Waals surface area contributed by atoms with Crippen LogP contribution in [0.1, 0.15) is 36.1 Å². The summed E-state index contributed by atoms with van der Waals surface area (Å²) in [6.07, 6.45) is 1.94. The molecule has 1 N–H and O–H groups in total. The number of nitrogens with one attached hydrogen (secondary N) is 1. The van der Waals surface area contributed by atoms with E-state index < -0.39 is 11.4 Å². The molecule has 2 heterocycles. The first-order valence-electron chi connectivity index (χ1n) is 11.9. The number of fused-ring (bicyclic) bond motifs is 2. The molecule has 5 nitrogen and oxygen atoms in total. The standard InChI is InChI=1S/C30H28N2O3/c1-4-35-28(33)27-21(3)32(19-22-16-14-20(2)15-17-22)26(23-10-6-5-7-11-23)18-30(27)24-12-8-9-13-25(24)31-29(30)34/h5-18H,4,19H2,1-3H3,(H,31,34)/t30-/m1/s1. The number of allylic oxidation sites excluding steroid dienone is 1. The number of carbonyl (C=O) groups excluding carboxylic acids is 2. The highest BCUT2D eigenvalue weighted by Gasteiger charge is 2.54. The summed E-state index contributed by atoms with van der Waals surface area (Å²) in [6, 6.07) is 25.9. The van der Waals surface area contributed by atoms with E-state index in [0.29, 0.717) is 23.5 Å². The Balaban J connectivity index is 1.77. The van der Waals surface area contributed by atoms with Gasteiger partial charge < -0.3 is 15.0 Å². The van der Waals surface area contributed by atoms with Gasteiger partial charge in [0.05, 0.1) is 12.2 Å². The number of anilines is 1. The number of esters is 1. The van der Waals surface area contributed by atoms with E-state index in [9.17, 15) is 9.59 Å². The summed E-state index contributed by atoms with van der Waals surface area (Å²) in [4.78, 5) is 29.3. The van der Waals surface area contributed by atoms with E-state index in [-0.39, 0.29) is 12.5 Å². The molecule has 0 aliphatic carbocycles. The lowest BCUT2D eigenvalue weighted by Crippen LogP contribution is -2.44. The molecule has 0 unspecified atom stereocenters. The van der Waals surface area contributed by atoms with Gasteiger partial charge in [0.1, 0.15) is 5.41 Å². The molecule has 0 saturated carbocycles. The molecule has 0 radical (unpaired) electrons. The Morgan fingerprint density at radius 1 is 0.943 bits per heavy atom. The third-order valence-electron chi connectivity index (χ3n) is 6.77. The van der Waals surface area contributed by atoms with Crippen LogP contribution in [0, 0.1) is 6.92 Å². The van der Waals surface area contributed by atoms with Gasteiger partial charge in [-0.1, -0.05) is 78.4 Å². The highest BCUT2D eigenvalue weighted by Crippen LogP contribution is 2.51. The molecule has 176 valence electrons. The van der Waals surface area contributed by atoms with Crippen LogP contribution in [-0.4, -0.2) is 23.4 Å². The zero-order valence-electron chi connectivity index (χ0n) is 20.2. The van der Waals surface area contributed by atoms with Crippen LogP contribution in [0.2, 0.25) is 0 Å². The number of carbonyl (C=O) groups is 2. The molecule has 0 bridgehead atoms. The number of hydrogen-bond donors (Lipinski definition) is 1. The van der Waals surface area contributed by atoms with Crippen molar-refractivity contribution in [2.75, 3.05) is 11.9 Å². The fourth-order valence-corrected chi connectivity index (χ4v) is 5.07. The summed E-state index contributed by atoms with van der Waals surface area (Å²) in [7, 11) is 0. The number of nitrogens with zero attached hydrogens (tertiary/aromatic N) is 1. The number of rotatable bonds is 5. The van der Waals surface area contributed by atoms with E-state index in [2.05, 4.69) is 41.4 Å². The topological polar surface area (TPSA) is 58.6 Å². The molecule has 3 aromatic carbocycles. The summed E-state index contributed by atoms with van der Waals surface area (Å²) in [5, 5.41) is 3.00. The summed E-state index contributed by atoms with van der Waals surface area (Å²) in [6.45, 7) is 6.52. The number of amides is 1. The lowest BCUT2D eigenvalue weighted by Gasteiger charge is -2.40. The van der Waals surface area contributed by atoms with E-state index in [0.717, 1.165) is 22.4 Å². The number of benzene rings is 3. The van der Waals surface area contributed by atoms with Crippen LogP contribution in [0.25, 0.3) is 5.70 Å². The van der Waals surface area contributed by atoms with Crippen molar-refractivity contribution in [3.63, 3.8) is 0 Å². The van der Waals surface area contributed by atoms with Crippen LogP contribution >= 0.6 is 0 Å². The molecule has 3 aromatic rings. The van der Waals surface area contributed by atoms with Crippen molar-refractivity contribution in [3.8, 4) is 0 Å². The van der Waals surface area contributed by atoms with E-state index in [1.165, 1.54) is 5.56 Å². The summed E-state index contributed by atoms with van der Waals surface area (Å²) in [5.74, 6) is -0.723. The van der Waals surface area contributed by atoms with E-state index in [1.54, 1.807) is 6.92 Å². The van der Waals surface area contributed by atoms with Gasteiger partial charge in [0, 0.05) is 23.6 Å². The van der Waals surface area contributed by atoms with Gasteiger partial charge >= 0.3 is 5.97 Å². The monoisotopic (exact) mass is 464 g/mol. The first kappa shape index (κ1) is 22.7. The van der Waals surface area contributed by atoms with E-state index in [4.69, 9.17) is 4.74 Å². The highest BCUT2D eigenvalue weighted by atomic mass is 16.5. The van der Waals surface area contributed by atoms with Crippen molar-refractivity contribution in [2.24, 2.45) is 0 Å². The van der Waals surface area contributed by atoms with Crippen LogP contribution in [0.3, 0.4) is 0 Å². The Morgan fingerprint density at radius 2 is 1.63 bits per heavy atom. The second kappa shape index (κ2) is 8.91. The maximum absolute atomic E-state index is 13.7. The fraction of sp³-hybridized carbons (Fsp3) is 0.200. The van der Waals surface area contributed by atoms with Crippen LogP contribution in [0.15, 0.2) is 96.2 Å². The van der Waals surface area contributed by atoms with Crippen molar-refractivity contribution in [3.05, 3.63) is 118 Å².